The number of likely N-dealkylation sites (N-methyl/N-ethyl adjacent to an activating group) is 1. The summed E-state index contributed by atoms with van der Waals surface area (Å²) in [5.41, 5.74) is 0.623. The molecule has 0 atom stereocenters. The van der Waals surface area contributed by atoms with Gasteiger partial charge in [-0.25, -0.2) is 12.8 Å². The van der Waals surface area contributed by atoms with Crippen LogP contribution >= 0.6 is 11.3 Å². The fourth-order valence-corrected chi connectivity index (χ4v) is 4.89. The molecule has 1 aromatic heterocycles. The molecule has 0 aliphatic carbocycles. The number of hydrogen-bond acceptors (Lipinski definition) is 5. The third kappa shape index (κ3) is 4.57. The largest absolute Gasteiger partial charge is 0.484 e. The molecule has 3 rings (SSSR count). The molecule has 0 unspecified atom stereocenters. The lowest BCUT2D eigenvalue weighted by atomic mass is 10.3. The van der Waals surface area contributed by atoms with Gasteiger partial charge in [0, 0.05) is 14.1 Å². The number of rotatable bonds is 7. The van der Waals surface area contributed by atoms with Crippen molar-refractivity contribution in [2.45, 2.75) is 4.21 Å². The number of carbonyl (C=O) groups excluding carboxylic acids is 1. The molecule has 3 aromatic rings. The van der Waals surface area contributed by atoms with Crippen LogP contribution in [0.4, 0.5) is 15.8 Å². The molecule has 29 heavy (non-hydrogen) atoms. The molecule has 0 spiro atoms. The van der Waals surface area contributed by atoms with Crippen molar-refractivity contribution in [1.82, 2.24) is 0 Å². The third-order valence-electron chi connectivity index (χ3n) is 4.26. The second kappa shape index (κ2) is 8.62. The summed E-state index contributed by atoms with van der Waals surface area (Å²) in [6.45, 7) is -0.284. The highest BCUT2D eigenvalue weighted by Crippen LogP contribution is 2.26. The lowest BCUT2D eigenvalue weighted by Gasteiger charge is -2.19. The van der Waals surface area contributed by atoms with E-state index in [0.717, 1.165) is 11.3 Å². The Balaban J connectivity index is 1.64. The number of amides is 1. The van der Waals surface area contributed by atoms with E-state index in [2.05, 4.69) is 0 Å². The van der Waals surface area contributed by atoms with Gasteiger partial charge in [-0.1, -0.05) is 18.2 Å². The number of ether oxygens (including phenoxy) is 1. The van der Waals surface area contributed by atoms with Crippen LogP contribution in [0.2, 0.25) is 0 Å². The first-order valence-corrected chi connectivity index (χ1v) is 10.9. The van der Waals surface area contributed by atoms with E-state index in [4.69, 9.17) is 4.74 Å². The van der Waals surface area contributed by atoms with Gasteiger partial charge in [0.15, 0.2) is 6.61 Å². The number of para-hydroxylation sites is 1. The predicted molar refractivity (Wildman–Crippen MR) is 112 cm³/mol. The van der Waals surface area contributed by atoms with Crippen molar-refractivity contribution in [2.24, 2.45) is 0 Å². The molecule has 0 bridgehead atoms. The molecule has 0 aliphatic heterocycles. The standard InChI is InChI=1S/C20H19FN2O4S2/c1-22(18-7-4-3-6-17(18)21)19(24)14-27-16-11-9-15(10-12-16)23(2)29(25,26)20-8-5-13-28-20/h3-13H,14H2,1-2H3. The topological polar surface area (TPSA) is 66.9 Å². The summed E-state index contributed by atoms with van der Waals surface area (Å²) in [5.74, 6) is -0.523. The zero-order valence-electron chi connectivity index (χ0n) is 15.8. The Kier molecular flexibility index (Phi) is 6.19. The van der Waals surface area contributed by atoms with E-state index < -0.39 is 21.7 Å². The molecule has 1 amide bonds. The maximum atomic E-state index is 13.8. The lowest BCUT2D eigenvalue weighted by Crippen LogP contribution is -2.31. The van der Waals surface area contributed by atoms with E-state index in [1.54, 1.807) is 53.9 Å². The van der Waals surface area contributed by atoms with Gasteiger partial charge in [-0.2, -0.15) is 0 Å². The molecule has 2 aromatic carbocycles. The second-order valence-electron chi connectivity index (χ2n) is 6.09. The van der Waals surface area contributed by atoms with Crippen molar-refractivity contribution in [3.8, 4) is 5.75 Å². The molecule has 0 radical (unpaired) electrons. The molecule has 0 aliphatic rings. The Hall–Kier alpha value is -2.91. The Morgan fingerprint density at radius 1 is 1.03 bits per heavy atom. The molecule has 6 nitrogen and oxygen atoms in total. The predicted octanol–water partition coefficient (Wildman–Crippen LogP) is 3.75. The highest BCUT2D eigenvalue weighted by molar-refractivity contribution is 7.94. The van der Waals surface area contributed by atoms with Crippen molar-refractivity contribution >= 4 is 38.6 Å². The monoisotopic (exact) mass is 434 g/mol. The molecular formula is C20H19FN2O4S2. The molecule has 0 N–H and O–H groups in total. The van der Waals surface area contributed by atoms with Crippen LogP contribution in [0, 0.1) is 5.82 Å². The second-order valence-corrected chi connectivity index (χ2v) is 9.24. The normalized spacial score (nSPS) is 11.1. The first kappa shape index (κ1) is 20.8. The number of halogens is 1. The van der Waals surface area contributed by atoms with E-state index in [0.29, 0.717) is 11.4 Å². The van der Waals surface area contributed by atoms with Crippen LogP contribution < -0.4 is 13.9 Å². The first-order chi connectivity index (χ1) is 13.8. The van der Waals surface area contributed by atoms with Gasteiger partial charge in [-0.15, -0.1) is 11.3 Å². The van der Waals surface area contributed by atoms with Crippen molar-refractivity contribution in [2.75, 3.05) is 29.9 Å². The number of hydrogen-bond donors (Lipinski definition) is 0. The number of thiophene rings is 1. The summed E-state index contributed by atoms with van der Waals surface area (Å²) in [5, 5.41) is 1.70. The molecule has 0 fully saturated rings. The smallest absolute Gasteiger partial charge is 0.273 e. The van der Waals surface area contributed by atoms with Gasteiger partial charge in [0.1, 0.15) is 15.8 Å². The van der Waals surface area contributed by atoms with E-state index in [-0.39, 0.29) is 16.5 Å². The van der Waals surface area contributed by atoms with E-state index in [1.807, 2.05) is 0 Å². The van der Waals surface area contributed by atoms with Crippen molar-refractivity contribution in [3.05, 3.63) is 71.9 Å². The summed E-state index contributed by atoms with van der Waals surface area (Å²) >= 11 is 1.15. The van der Waals surface area contributed by atoms with Crippen LogP contribution in [0.5, 0.6) is 5.75 Å². The Bertz CT molecular complexity index is 1080. The van der Waals surface area contributed by atoms with Gasteiger partial charge in [0.2, 0.25) is 0 Å². The fourth-order valence-electron chi connectivity index (χ4n) is 2.54. The van der Waals surface area contributed by atoms with Crippen molar-refractivity contribution < 1.29 is 22.3 Å². The minimum absolute atomic E-state index is 0.164. The Labute approximate surface area is 172 Å². The number of benzene rings is 2. The maximum absolute atomic E-state index is 13.8. The summed E-state index contributed by atoms with van der Waals surface area (Å²) in [7, 11) is -0.679. The van der Waals surface area contributed by atoms with Crippen LogP contribution in [0.1, 0.15) is 0 Å². The molecule has 1 heterocycles. The molecule has 0 saturated heterocycles. The van der Waals surface area contributed by atoms with Gasteiger partial charge in [0.25, 0.3) is 15.9 Å². The molecule has 152 valence electrons. The zero-order chi connectivity index (χ0) is 21.0. The molecule has 9 heteroatoms. The van der Waals surface area contributed by atoms with Crippen LogP contribution in [-0.2, 0) is 14.8 Å². The van der Waals surface area contributed by atoms with Gasteiger partial charge < -0.3 is 9.64 Å². The average Bonchev–Trinajstić information content (AvgIpc) is 3.27. The SMILES string of the molecule is CN(C(=O)COc1ccc(N(C)S(=O)(=O)c2cccs2)cc1)c1ccccc1F. The highest BCUT2D eigenvalue weighted by Gasteiger charge is 2.22. The Morgan fingerprint density at radius 3 is 2.34 bits per heavy atom. The lowest BCUT2D eigenvalue weighted by molar-refractivity contribution is -0.120. The number of anilines is 2. The zero-order valence-corrected chi connectivity index (χ0v) is 17.4. The van der Waals surface area contributed by atoms with Crippen molar-refractivity contribution in [3.63, 3.8) is 0 Å². The summed E-state index contributed by atoms with van der Waals surface area (Å²) < 4.78 is 45.8. The van der Waals surface area contributed by atoms with E-state index >= 15 is 0 Å². The van der Waals surface area contributed by atoms with E-state index in [1.165, 1.54) is 35.4 Å². The van der Waals surface area contributed by atoms with Crippen molar-refractivity contribution in [1.29, 1.82) is 0 Å². The number of sulfonamides is 1. The molecular weight excluding hydrogens is 415 g/mol. The summed E-state index contributed by atoms with van der Waals surface area (Å²) in [6.07, 6.45) is 0. The highest BCUT2D eigenvalue weighted by atomic mass is 32.2. The fraction of sp³-hybridized carbons (Fsp3) is 0.150. The Morgan fingerprint density at radius 2 is 1.72 bits per heavy atom. The summed E-state index contributed by atoms with van der Waals surface area (Å²) in [4.78, 5) is 13.4. The van der Waals surface area contributed by atoms with Crippen LogP contribution in [0.3, 0.4) is 0 Å². The van der Waals surface area contributed by atoms with Gasteiger partial charge >= 0.3 is 0 Å². The van der Waals surface area contributed by atoms with Gasteiger partial charge in [-0.05, 0) is 47.8 Å². The average molecular weight is 435 g/mol. The quantitative estimate of drug-likeness (QED) is 0.568. The third-order valence-corrected chi connectivity index (χ3v) is 7.42. The van der Waals surface area contributed by atoms with Gasteiger partial charge in [0.05, 0.1) is 11.4 Å². The maximum Gasteiger partial charge on any atom is 0.273 e. The van der Waals surface area contributed by atoms with Crippen LogP contribution in [0.25, 0.3) is 0 Å². The minimum atomic E-state index is -3.62. The van der Waals surface area contributed by atoms with Crippen LogP contribution in [-0.4, -0.2) is 35.0 Å². The van der Waals surface area contributed by atoms with Gasteiger partial charge in [-0.3, -0.25) is 9.10 Å². The van der Waals surface area contributed by atoms with Crippen LogP contribution in [0.15, 0.2) is 70.3 Å². The first-order valence-electron chi connectivity index (χ1n) is 8.57. The number of nitrogens with zero attached hydrogens (tertiary/aromatic N) is 2. The van der Waals surface area contributed by atoms with E-state index in [9.17, 15) is 17.6 Å². The number of carbonyl (C=O) groups is 1. The minimum Gasteiger partial charge on any atom is -0.484 e. The molecule has 0 saturated carbocycles. The summed E-state index contributed by atoms with van der Waals surface area (Å²) in [6, 6.07) is 15.5.